The van der Waals surface area contributed by atoms with Gasteiger partial charge >= 0.3 is 0 Å². The van der Waals surface area contributed by atoms with Gasteiger partial charge in [0, 0.05) is 30.3 Å². The van der Waals surface area contributed by atoms with Crippen molar-refractivity contribution in [2.24, 2.45) is 0 Å². The lowest BCUT2D eigenvalue weighted by molar-refractivity contribution is 0.743. The molecule has 2 aromatic heterocycles. The third kappa shape index (κ3) is 3.51. The number of pyridine rings is 1. The highest BCUT2D eigenvalue weighted by atomic mass is 15.6. The van der Waals surface area contributed by atoms with E-state index in [9.17, 15) is 0 Å². The lowest BCUT2D eigenvalue weighted by atomic mass is 10.2. The molecule has 3 aromatic rings. The van der Waals surface area contributed by atoms with Crippen molar-refractivity contribution >= 4 is 0 Å². The average molecular weight is 275 g/mol. The zero-order valence-electron chi connectivity index (χ0n) is 11.3. The Kier molecular flexibility index (Phi) is 3.99. The monoisotopic (exact) mass is 275 g/mol. The van der Waals surface area contributed by atoms with Gasteiger partial charge in [-0.2, -0.15) is 0 Å². The van der Waals surface area contributed by atoms with Gasteiger partial charge in [0.1, 0.15) is 0 Å². The molecule has 0 bridgehead atoms. The number of rotatable bonds is 3. The maximum absolute atomic E-state index is 4.25. The minimum absolute atomic E-state index is 0.578. The molecular weight excluding hydrogens is 262 g/mol. The van der Waals surface area contributed by atoms with Gasteiger partial charge in [-0.1, -0.05) is 47.1 Å². The van der Waals surface area contributed by atoms with Crippen molar-refractivity contribution in [1.29, 1.82) is 0 Å². The van der Waals surface area contributed by atoms with Crippen LogP contribution in [0, 0.1) is 12.0 Å². The molecule has 0 saturated heterocycles. The van der Waals surface area contributed by atoms with Crippen molar-refractivity contribution < 1.29 is 0 Å². The van der Waals surface area contributed by atoms with Crippen LogP contribution in [0.3, 0.4) is 0 Å². The van der Waals surface area contributed by atoms with Crippen LogP contribution < -0.4 is 0 Å². The summed E-state index contributed by atoms with van der Waals surface area (Å²) in [6, 6.07) is 18.4. The molecule has 0 aliphatic heterocycles. The highest BCUT2D eigenvalue weighted by Crippen LogP contribution is 2.11. The third-order valence-corrected chi connectivity index (χ3v) is 2.86. The molecule has 0 radical (unpaired) electrons. The Morgan fingerprint density at radius 1 is 1.00 bits per heavy atom. The van der Waals surface area contributed by atoms with Crippen molar-refractivity contribution in [3.8, 4) is 23.4 Å². The first-order valence-corrected chi connectivity index (χ1v) is 6.66. The van der Waals surface area contributed by atoms with Gasteiger partial charge in [-0.15, -0.1) is 10.2 Å². The Bertz CT molecular complexity index is 753. The summed E-state index contributed by atoms with van der Waals surface area (Å²) >= 11 is 0. The second kappa shape index (κ2) is 6.44. The molecule has 0 saturated carbocycles. The summed E-state index contributed by atoms with van der Waals surface area (Å²) in [6.07, 6.45) is 3.31. The summed E-state index contributed by atoms with van der Waals surface area (Å²) in [5, 5.41) is 12.1. The number of nitrogens with zero attached hydrogens (tertiary/aromatic N) is 5. The van der Waals surface area contributed by atoms with Crippen molar-refractivity contribution in [2.75, 3.05) is 0 Å². The summed E-state index contributed by atoms with van der Waals surface area (Å²) in [5.41, 5.74) is 1.96. The summed E-state index contributed by atoms with van der Waals surface area (Å²) in [4.78, 5) is 5.56. The van der Waals surface area contributed by atoms with Gasteiger partial charge in [-0.05, 0) is 17.3 Å². The summed E-state index contributed by atoms with van der Waals surface area (Å²) < 4.78 is 0. The largest absolute Gasteiger partial charge is 0.261 e. The van der Waals surface area contributed by atoms with E-state index in [0.29, 0.717) is 12.2 Å². The van der Waals surface area contributed by atoms with Crippen LogP contribution in [0.4, 0.5) is 0 Å². The molecule has 5 nitrogen and oxygen atoms in total. The van der Waals surface area contributed by atoms with Crippen molar-refractivity contribution in [2.45, 2.75) is 12.8 Å². The Balaban J connectivity index is 1.62. The van der Waals surface area contributed by atoms with E-state index in [1.54, 1.807) is 6.20 Å². The lowest BCUT2D eigenvalue weighted by Crippen LogP contribution is -1.94. The molecule has 3 rings (SSSR count). The van der Waals surface area contributed by atoms with Crippen LogP contribution >= 0.6 is 0 Å². The van der Waals surface area contributed by atoms with Crippen molar-refractivity contribution in [3.63, 3.8) is 0 Å². The fourth-order valence-electron chi connectivity index (χ4n) is 1.83. The van der Waals surface area contributed by atoms with Crippen LogP contribution in [0.25, 0.3) is 11.4 Å². The number of aromatic nitrogens is 5. The molecule has 21 heavy (non-hydrogen) atoms. The number of benzene rings is 1. The van der Waals surface area contributed by atoms with Crippen LogP contribution in [0.1, 0.15) is 12.1 Å². The second-order valence-electron chi connectivity index (χ2n) is 4.38. The smallest absolute Gasteiger partial charge is 0.206 e. The minimum atomic E-state index is 0.578. The van der Waals surface area contributed by atoms with E-state index in [0.717, 1.165) is 17.7 Å². The molecule has 0 aliphatic carbocycles. The topological polar surface area (TPSA) is 56.5 Å². The molecule has 0 amide bonds. The van der Waals surface area contributed by atoms with Crippen LogP contribution in [-0.2, 0) is 6.42 Å². The quantitative estimate of drug-likeness (QED) is 0.687. The highest BCUT2D eigenvalue weighted by molar-refractivity contribution is 5.53. The van der Waals surface area contributed by atoms with Crippen LogP contribution in [0.5, 0.6) is 0 Å². The zero-order valence-corrected chi connectivity index (χ0v) is 11.3. The third-order valence-electron chi connectivity index (χ3n) is 2.86. The first kappa shape index (κ1) is 13.0. The molecule has 0 fully saturated rings. The van der Waals surface area contributed by atoms with E-state index >= 15 is 0 Å². The molecule has 0 spiro atoms. The predicted octanol–water partition coefficient (Wildman–Crippen LogP) is 2.18. The molecule has 2 heterocycles. The second-order valence-corrected chi connectivity index (χ2v) is 4.38. The maximum Gasteiger partial charge on any atom is 0.206 e. The molecule has 0 N–H and O–H groups in total. The highest BCUT2D eigenvalue weighted by Gasteiger charge is 2.02. The fourth-order valence-corrected chi connectivity index (χ4v) is 1.83. The van der Waals surface area contributed by atoms with Gasteiger partial charge in [0.2, 0.25) is 5.82 Å². The van der Waals surface area contributed by atoms with Gasteiger partial charge < -0.3 is 0 Å². The van der Waals surface area contributed by atoms with Gasteiger partial charge in [-0.3, -0.25) is 4.98 Å². The van der Waals surface area contributed by atoms with E-state index in [-0.39, 0.29) is 0 Å². The molecule has 0 unspecified atom stereocenters. The first-order valence-electron chi connectivity index (χ1n) is 6.66. The Hall–Kier alpha value is -3.00. The lowest BCUT2D eigenvalue weighted by Gasteiger charge is -1.93. The fraction of sp³-hybridized carbons (Fsp3) is 0.125. The van der Waals surface area contributed by atoms with Gasteiger partial charge in [0.15, 0.2) is 0 Å². The summed E-state index contributed by atoms with van der Waals surface area (Å²) in [5.74, 6) is 3.60. The zero-order chi connectivity index (χ0) is 14.3. The normalized spacial score (nSPS) is 9.90. The van der Waals surface area contributed by atoms with E-state index in [1.165, 1.54) is 4.80 Å². The summed E-state index contributed by atoms with van der Waals surface area (Å²) in [7, 11) is 0. The summed E-state index contributed by atoms with van der Waals surface area (Å²) in [6.45, 7) is 0. The van der Waals surface area contributed by atoms with E-state index < -0.39 is 0 Å². The molecule has 5 heteroatoms. The van der Waals surface area contributed by atoms with Gasteiger partial charge in [0.05, 0.1) is 6.04 Å². The Morgan fingerprint density at radius 3 is 2.67 bits per heavy atom. The van der Waals surface area contributed by atoms with Crippen LogP contribution in [0.2, 0.25) is 0 Å². The van der Waals surface area contributed by atoms with E-state index in [2.05, 4.69) is 32.4 Å². The molecular formula is C16H13N5. The molecule has 0 aliphatic rings. The Morgan fingerprint density at radius 2 is 1.86 bits per heavy atom. The standard InChI is InChI=1S/C16H13N5/c1-2-8-14(9-3-1)16-18-20-21(19-16)13-7-5-11-15-10-4-6-12-17-15/h1-4,6,8-10,12H,5,11H2. The number of tetrazole rings is 1. The molecule has 0 atom stereocenters. The van der Waals surface area contributed by atoms with Crippen molar-refractivity contribution in [1.82, 2.24) is 25.2 Å². The average Bonchev–Trinajstić information content (AvgIpc) is 3.02. The van der Waals surface area contributed by atoms with Gasteiger partial charge in [-0.25, -0.2) is 0 Å². The number of aryl methyl sites for hydroxylation is 1. The molecule has 102 valence electrons. The predicted molar refractivity (Wildman–Crippen MR) is 79.0 cm³/mol. The minimum Gasteiger partial charge on any atom is -0.261 e. The van der Waals surface area contributed by atoms with E-state index in [4.69, 9.17) is 0 Å². The van der Waals surface area contributed by atoms with Crippen LogP contribution in [0.15, 0.2) is 54.7 Å². The SMILES string of the molecule is C(#Cn1nnc(-c2ccccc2)n1)CCc1ccccn1. The first-order chi connectivity index (χ1) is 10.4. The van der Waals surface area contributed by atoms with Crippen molar-refractivity contribution in [3.05, 3.63) is 60.4 Å². The van der Waals surface area contributed by atoms with Gasteiger partial charge in [0.25, 0.3) is 0 Å². The van der Waals surface area contributed by atoms with Crippen LogP contribution in [-0.4, -0.2) is 25.2 Å². The maximum atomic E-state index is 4.25. The molecule has 1 aromatic carbocycles. The Labute approximate surface area is 122 Å². The van der Waals surface area contributed by atoms with E-state index in [1.807, 2.05) is 48.5 Å². The number of hydrogen-bond donors (Lipinski definition) is 0. The number of hydrogen-bond acceptors (Lipinski definition) is 4.